The Balaban J connectivity index is 2.05. The standard InChI is InChI=1S/C19H21N3O5/c1-3-26-17-9-13(7-8-16(17)27-12-18(20)23)11-21-22-19(24)14-5-4-6-15(10-14)25-2/h4-11H,3,12H2,1-2H3,(H2,20,23)(H,22,24)/b21-11+. The van der Waals surface area contributed by atoms with E-state index in [-0.39, 0.29) is 12.5 Å². The van der Waals surface area contributed by atoms with E-state index >= 15 is 0 Å². The fourth-order valence-corrected chi connectivity index (χ4v) is 2.14. The smallest absolute Gasteiger partial charge is 0.271 e. The molecule has 2 amide bonds. The highest BCUT2D eigenvalue weighted by Crippen LogP contribution is 2.28. The van der Waals surface area contributed by atoms with Gasteiger partial charge in [0.05, 0.1) is 19.9 Å². The normalized spacial score (nSPS) is 10.4. The van der Waals surface area contributed by atoms with E-state index in [1.165, 1.54) is 13.3 Å². The molecular weight excluding hydrogens is 350 g/mol. The number of methoxy groups -OCH3 is 1. The molecule has 3 N–H and O–H groups in total. The van der Waals surface area contributed by atoms with Gasteiger partial charge in [0, 0.05) is 5.56 Å². The first kappa shape index (κ1) is 19.8. The van der Waals surface area contributed by atoms with Crippen LogP contribution in [-0.2, 0) is 4.79 Å². The van der Waals surface area contributed by atoms with Gasteiger partial charge >= 0.3 is 0 Å². The monoisotopic (exact) mass is 371 g/mol. The van der Waals surface area contributed by atoms with Crippen molar-refractivity contribution in [2.75, 3.05) is 20.3 Å². The molecule has 142 valence electrons. The molecule has 0 aromatic heterocycles. The molecule has 0 aliphatic heterocycles. The lowest BCUT2D eigenvalue weighted by Gasteiger charge is -2.11. The number of benzene rings is 2. The minimum atomic E-state index is -0.580. The van der Waals surface area contributed by atoms with Gasteiger partial charge in [0.2, 0.25) is 0 Å². The number of primary amides is 1. The van der Waals surface area contributed by atoms with E-state index in [1.807, 2.05) is 6.92 Å². The lowest BCUT2D eigenvalue weighted by molar-refractivity contribution is -0.119. The molecule has 2 aromatic carbocycles. The Labute approximate surface area is 156 Å². The molecule has 0 saturated carbocycles. The highest BCUT2D eigenvalue weighted by molar-refractivity contribution is 5.95. The second-order valence-corrected chi connectivity index (χ2v) is 5.33. The molecule has 27 heavy (non-hydrogen) atoms. The zero-order chi connectivity index (χ0) is 19.6. The third-order valence-corrected chi connectivity index (χ3v) is 3.35. The fourth-order valence-electron chi connectivity index (χ4n) is 2.14. The maximum Gasteiger partial charge on any atom is 0.271 e. The van der Waals surface area contributed by atoms with Gasteiger partial charge in [0.1, 0.15) is 5.75 Å². The molecule has 0 bridgehead atoms. The Morgan fingerprint density at radius 1 is 1.15 bits per heavy atom. The zero-order valence-electron chi connectivity index (χ0n) is 15.1. The molecule has 0 fully saturated rings. The number of rotatable bonds is 9. The number of hydrazone groups is 1. The van der Waals surface area contributed by atoms with E-state index in [2.05, 4.69) is 10.5 Å². The minimum absolute atomic E-state index is 0.246. The van der Waals surface area contributed by atoms with Gasteiger partial charge in [-0.25, -0.2) is 5.43 Å². The molecule has 8 heteroatoms. The molecule has 0 unspecified atom stereocenters. The maximum atomic E-state index is 12.1. The third-order valence-electron chi connectivity index (χ3n) is 3.35. The van der Waals surface area contributed by atoms with Gasteiger partial charge in [0.25, 0.3) is 11.8 Å². The van der Waals surface area contributed by atoms with Gasteiger partial charge in [-0.05, 0) is 48.9 Å². The number of nitrogens with one attached hydrogen (secondary N) is 1. The summed E-state index contributed by atoms with van der Waals surface area (Å²) < 4.78 is 15.9. The lowest BCUT2D eigenvalue weighted by atomic mass is 10.2. The summed E-state index contributed by atoms with van der Waals surface area (Å²) in [7, 11) is 1.53. The molecule has 0 spiro atoms. The Kier molecular flexibility index (Phi) is 7.18. The first-order valence-corrected chi connectivity index (χ1v) is 8.19. The van der Waals surface area contributed by atoms with Crippen LogP contribution in [0.5, 0.6) is 17.2 Å². The summed E-state index contributed by atoms with van der Waals surface area (Å²) in [6, 6.07) is 11.8. The van der Waals surface area contributed by atoms with Crippen LogP contribution in [-0.4, -0.2) is 38.4 Å². The second-order valence-electron chi connectivity index (χ2n) is 5.33. The number of hydrogen-bond acceptors (Lipinski definition) is 6. The number of carbonyl (C=O) groups is 2. The van der Waals surface area contributed by atoms with Crippen LogP contribution in [0.1, 0.15) is 22.8 Å². The number of hydrogen-bond donors (Lipinski definition) is 2. The van der Waals surface area contributed by atoms with Gasteiger partial charge in [0.15, 0.2) is 18.1 Å². The van der Waals surface area contributed by atoms with Gasteiger partial charge in [-0.3, -0.25) is 9.59 Å². The van der Waals surface area contributed by atoms with Crippen molar-refractivity contribution in [1.29, 1.82) is 0 Å². The van der Waals surface area contributed by atoms with Crippen molar-refractivity contribution in [1.82, 2.24) is 5.43 Å². The van der Waals surface area contributed by atoms with Crippen LogP contribution < -0.4 is 25.4 Å². The van der Waals surface area contributed by atoms with Gasteiger partial charge in [-0.15, -0.1) is 0 Å². The van der Waals surface area contributed by atoms with Crippen molar-refractivity contribution in [2.45, 2.75) is 6.92 Å². The molecule has 2 rings (SSSR count). The minimum Gasteiger partial charge on any atom is -0.497 e. The molecule has 0 heterocycles. The molecular formula is C19H21N3O5. The van der Waals surface area contributed by atoms with Gasteiger partial charge < -0.3 is 19.9 Å². The largest absolute Gasteiger partial charge is 0.497 e. The van der Waals surface area contributed by atoms with Crippen molar-refractivity contribution in [3.05, 3.63) is 53.6 Å². The number of ether oxygens (including phenoxy) is 3. The first-order chi connectivity index (χ1) is 13.0. The third kappa shape index (κ3) is 6.03. The van der Waals surface area contributed by atoms with E-state index < -0.39 is 5.91 Å². The average molecular weight is 371 g/mol. The topological polar surface area (TPSA) is 112 Å². The van der Waals surface area contributed by atoms with Crippen LogP contribution in [0, 0.1) is 0 Å². The summed E-state index contributed by atoms with van der Waals surface area (Å²) in [5.41, 5.74) is 8.63. The second kappa shape index (κ2) is 9.81. The summed E-state index contributed by atoms with van der Waals surface area (Å²) in [6.45, 7) is 2.00. The quantitative estimate of drug-likeness (QED) is 0.515. The Hall–Kier alpha value is -3.55. The number of nitrogens with two attached hydrogens (primary N) is 1. The van der Waals surface area contributed by atoms with E-state index in [4.69, 9.17) is 19.9 Å². The van der Waals surface area contributed by atoms with E-state index in [9.17, 15) is 9.59 Å². The highest BCUT2D eigenvalue weighted by atomic mass is 16.5. The van der Waals surface area contributed by atoms with Crippen LogP contribution in [0.3, 0.4) is 0 Å². The first-order valence-electron chi connectivity index (χ1n) is 8.19. The van der Waals surface area contributed by atoms with Crippen molar-refractivity contribution < 1.29 is 23.8 Å². The van der Waals surface area contributed by atoms with E-state index in [0.717, 1.165) is 0 Å². The molecule has 0 saturated heterocycles. The molecule has 0 aliphatic carbocycles. The maximum absolute atomic E-state index is 12.1. The van der Waals surface area contributed by atoms with Crippen LogP contribution in [0.25, 0.3) is 0 Å². The molecule has 0 atom stereocenters. The molecule has 8 nitrogen and oxygen atoms in total. The fraction of sp³-hybridized carbons (Fsp3) is 0.211. The summed E-state index contributed by atoms with van der Waals surface area (Å²) in [5.74, 6) is 0.481. The molecule has 0 aliphatic rings. The van der Waals surface area contributed by atoms with Crippen LogP contribution in [0.4, 0.5) is 0 Å². The van der Waals surface area contributed by atoms with E-state index in [0.29, 0.717) is 35.0 Å². The van der Waals surface area contributed by atoms with Gasteiger partial charge in [-0.2, -0.15) is 5.10 Å². The molecule has 2 aromatic rings. The van der Waals surface area contributed by atoms with E-state index in [1.54, 1.807) is 42.5 Å². The summed E-state index contributed by atoms with van der Waals surface area (Å²) in [5, 5.41) is 3.94. The predicted octanol–water partition coefficient (Wildman–Crippen LogP) is 1.72. The van der Waals surface area contributed by atoms with Gasteiger partial charge in [-0.1, -0.05) is 6.07 Å². The summed E-state index contributed by atoms with van der Waals surface area (Å²) >= 11 is 0. The summed E-state index contributed by atoms with van der Waals surface area (Å²) in [4.78, 5) is 23.0. The summed E-state index contributed by atoms with van der Waals surface area (Å²) in [6.07, 6.45) is 1.47. The van der Waals surface area contributed by atoms with Crippen molar-refractivity contribution in [3.63, 3.8) is 0 Å². The number of nitrogens with zero attached hydrogens (tertiary/aromatic N) is 1. The number of amides is 2. The Bertz CT molecular complexity index is 836. The average Bonchev–Trinajstić information content (AvgIpc) is 2.67. The van der Waals surface area contributed by atoms with Crippen molar-refractivity contribution >= 4 is 18.0 Å². The predicted molar refractivity (Wildman–Crippen MR) is 100 cm³/mol. The Morgan fingerprint density at radius 2 is 1.96 bits per heavy atom. The molecule has 0 radical (unpaired) electrons. The highest BCUT2D eigenvalue weighted by Gasteiger charge is 2.08. The lowest BCUT2D eigenvalue weighted by Crippen LogP contribution is -2.20. The SMILES string of the molecule is CCOc1cc(/C=N/NC(=O)c2cccc(OC)c2)ccc1OCC(N)=O. The zero-order valence-corrected chi connectivity index (χ0v) is 15.1. The number of carbonyl (C=O) groups excluding carboxylic acids is 2. The van der Waals surface area contributed by atoms with Crippen LogP contribution >= 0.6 is 0 Å². The van der Waals surface area contributed by atoms with Crippen molar-refractivity contribution in [3.8, 4) is 17.2 Å². The van der Waals surface area contributed by atoms with Crippen LogP contribution in [0.15, 0.2) is 47.6 Å². The van der Waals surface area contributed by atoms with Crippen molar-refractivity contribution in [2.24, 2.45) is 10.8 Å². The Morgan fingerprint density at radius 3 is 2.67 bits per heavy atom. The van der Waals surface area contributed by atoms with Crippen LogP contribution in [0.2, 0.25) is 0 Å².